The summed E-state index contributed by atoms with van der Waals surface area (Å²) < 4.78 is 5.63. The van der Waals surface area contributed by atoms with Gasteiger partial charge in [0.15, 0.2) is 0 Å². The van der Waals surface area contributed by atoms with Crippen molar-refractivity contribution in [2.24, 2.45) is 5.73 Å². The number of nitrogens with two attached hydrogens (primary N) is 1. The van der Waals surface area contributed by atoms with Crippen LogP contribution in [0.2, 0.25) is 5.02 Å². The fourth-order valence-electron chi connectivity index (χ4n) is 1.56. The van der Waals surface area contributed by atoms with Gasteiger partial charge in [0.2, 0.25) is 0 Å². The van der Waals surface area contributed by atoms with Gasteiger partial charge in [-0.2, -0.15) is 0 Å². The Morgan fingerprint density at radius 1 is 1.11 bits per heavy atom. The van der Waals surface area contributed by atoms with Crippen LogP contribution in [0.15, 0.2) is 48.5 Å². The summed E-state index contributed by atoms with van der Waals surface area (Å²) in [5.41, 5.74) is 6.16. The first kappa shape index (κ1) is 12.9. The van der Waals surface area contributed by atoms with Gasteiger partial charge >= 0.3 is 0 Å². The summed E-state index contributed by atoms with van der Waals surface area (Å²) in [6.45, 7) is 0.203. The van der Waals surface area contributed by atoms with Gasteiger partial charge in [-0.15, -0.1) is 0 Å². The van der Waals surface area contributed by atoms with E-state index >= 15 is 0 Å². The average molecular weight is 264 g/mol. The van der Waals surface area contributed by atoms with Gasteiger partial charge in [0.05, 0.1) is 6.10 Å². The summed E-state index contributed by atoms with van der Waals surface area (Å²) in [7, 11) is 0. The zero-order valence-electron chi connectivity index (χ0n) is 9.71. The van der Waals surface area contributed by atoms with E-state index in [-0.39, 0.29) is 6.54 Å². The fraction of sp³-hybridized carbons (Fsp3) is 0.143. The van der Waals surface area contributed by atoms with Gasteiger partial charge < -0.3 is 15.6 Å². The monoisotopic (exact) mass is 263 g/mol. The minimum Gasteiger partial charge on any atom is -0.457 e. The van der Waals surface area contributed by atoms with E-state index in [9.17, 15) is 5.11 Å². The lowest BCUT2D eigenvalue weighted by atomic mass is 10.1. The number of hydrogen-bond donors (Lipinski definition) is 2. The second kappa shape index (κ2) is 5.87. The van der Waals surface area contributed by atoms with Crippen LogP contribution in [0.1, 0.15) is 11.7 Å². The maximum absolute atomic E-state index is 9.56. The molecule has 3 nitrogen and oxygen atoms in total. The Bertz CT molecular complexity index is 513. The molecule has 0 heterocycles. The largest absolute Gasteiger partial charge is 0.457 e. The number of ether oxygens (including phenoxy) is 1. The van der Waals surface area contributed by atoms with Gasteiger partial charge in [-0.05, 0) is 35.9 Å². The van der Waals surface area contributed by atoms with Crippen molar-refractivity contribution >= 4 is 11.6 Å². The van der Waals surface area contributed by atoms with E-state index < -0.39 is 6.10 Å². The van der Waals surface area contributed by atoms with Crippen molar-refractivity contribution in [1.82, 2.24) is 0 Å². The second-order valence-electron chi connectivity index (χ2n) is 3.88. The van der Waals surface area contributed by atoms with E-state index in [1.54, 1.807) is 36.4 Å². The third kappa shape index (κ3) is 3.23. The molecule has 0 aliphatic rings. The molecule has 0 aliphatic heterocycles. The van der Waals surface area contributed by atoms with Crippen molar-refractivity contribution in [3.05, 3.63) is 59.1 Å². The Kier molecular flexibility index (Phi) is 4.20. The highest BCUT2D eigenvalue weighted by molar-refractivity contribution is 6.30. The Morgan fingerprint density at radius 2 is 1.83 bits per heavy atom. The van der Waals surface area contributed by atoms with E-state index in [2.05, 4.69) is 0 Å². The summed E-state index contributed by atoms with van der Waals surface area (Å²) in [5, 5.41) is 10.2. The van der Waals surface area contributed by atoms with Gasteiger partial charge in [-0.1, -0.05) is 29.8 Å². The molecule has 0 aliphatic carbocycles. The highest BCUT2D eigenvalue weighted by atomic mass is 35.5. The average Bonchev–Trinajstić information content (AvgIpc) is 2.39. The molecule has 0 bridgehead atoms. The molecule has 2 rings (SSSR count). The van der Waals surface area contributed by atoms with Gasteiger partial charge in [0.1, 0.15) is 11.5 Å². The normalized spacial score (nSPS) is 12.2. The molecule has 0 fully saturated rings. The van der Waals surface area contributed by atoms with E-state index in [4.69, 9.17) is 22.1 Å². The zero-order chi connectivity index (χ0) is 13.0. The van der Waals surface area contributed by atoms with Crippen molar-refractivity contribution < 1.29 is 9.84 Å². The van der Waals surface area contributed by atoms with Crippen LogP contribution in [0.25, 0.3) is 0 Å². The summed E-state index contributed by atoms with van der Waals surface area (Å²) in [6.07, 6.45) is -0.634. The SMILES string of the molecule is NCC(O)c1ccc(Oc2cccc(Cl)c2)cc1. The van der Waals surface area contributed by atoms with E-state index in [1.807, 2.05) is 12.1 Å². The number of rotatable bonds is 4. The van der Waals surface area contributed by atoms with Gasteiger partial charge in [-0.25, -0.2) is 0 Å². The molecule has 2 aromatic carbocycles. The molecular formula is C14H14ClNO2. The van der Waals surface area contributed by atoms with E-state index in [0.29, 0.717) is 16.5 Å². The van der Waals surface area contributed by atoms with Crippen LogP contribution in [-0.4, -0.2) is 11.7 Å². The molecule has 0 saturated heterocycles. The van der Waals surface area contributed by atoms with Crippen LogP contribution in [0.4, 0.5) is 0 Å². The molecule has 0 aromatic heterocycles. The van der Waals surface area contributed by atoms with Crippen LogP contribution < -0.4 is 10.5 Å². The van der Waals surface area contributed by atoms with Crippen molar-refractivity contribution in [1.29, 1.82) is 0 Å². The topological polar surface area (TPSA) is 55.5 Å². The quantitative estimate of drug-likeness (QED) is 0.891. The molecule has 0 spiro atoms. The van der Waals surface area contributed by atoms with Gasteiger partial charge in [-0.3, -0.25) is 0 Å². The second-order valence-corrected chi connectivity index (χ2v) is 4.32. The molecule has 0 radical (unpaired) electrons. The Morgan fingerprint density at radius 3 is 2.44 bits per heavy atom. The minimum absolute atomic E-state index is 0.203. The lowest BCUT2D eigenvalue weighted by molar-refractivity contribution is 0.186. The highest BCUT2D eigenvalue weighted by Crippen LogP contribution is 2.25. The first-order valence-corrected chi connectivity index (χ1v) is 5.98. The van der Waals surface area contributed by atoms with Crippen LogP contribution in [0, 0.1) is 0 Å². The van der Waals surface area contributed by atoms with E-state index in [1.165, 1.54) is 0 Å². The zero-order valence-corrected chi connectivity index (χ0v) is 10.5. The highest BCUT2D eigenvalue weighted by Gasteiger charge is 2.05. The molecule has 1 unspecified atom stereocenters. The molecule has 4 heteroatoms. The number of aliphatic hydroxyl groups is 1. The number of aliphatic hydroxyl groups excluding tert-OH is 1. The predicted molar refractivity (Wildman–Crippen MR) is 72.0 cm³/mol. The molecular weight excluding hydrogens is 250 g/mol. The van der Waals surface area contributed by atoms with Crippen LogP contribution in [-0.2, 0) is 0 Å². The summed E-state index contributed by atoms with van der Waals surface area (Å²) in [5.74, 6) is 1.36. The first-order chi connectivity index (χ1) is 8.69. The molecule has 18 heavy (non-hydrogen) atoms. The van der Waals surface area contributed by atoms with Gasteiger partial charge in [0.25, 0.3) is 0 Å². The molecule has 2 aromatic rings. The maximum atomic E-state index is 9.56. The lowest BCUT2D eigenvalue weighted by Gasteiger charge is -2.10. The Labute approximate surface area is 111 Å². The van der Waals surface area contributed by atoms with Crippen LogP contribution in [0.3, 0.4) is 0 Å². The number of benzene rings is 2. The van der Waals surface area contributed by atoms with Crippen molar-refractivity contribution in [3.63, 3.8) is 0 Å². The van der Waals surface area contributed by atoms with Gasteiger partial charge in [0, 0.05) is 11.6 Å². The van der Waals surface area contributed by atoms with Crippen molar-refractivity contribution in [2.45, 2.75) is 6.10 Å². The minimum atomic E-state index is -0.634. The fourth-order valence-corrected chi connectivity index (χ4v) is 1.74. The summed E-state index contributed by atoms with van der Waals surface area (Å²) in [6, 6.07) is 14.3. The maximum Gasteiger partial charge on any atom is 0.128 e. The van der Waals surface area contributed by atoms with Crippen LogP contribution in [0.5, 0.6) is 11.5 Å². The number of halogens is 1. The smallest absolute Gasteiger partial charge is 0.128 e. The standard InChI is InChI=1S/C14H14ClNO2/c15-11-2-1-3-13(8-11)18-12-6-4-10(5-7-12)14(17)9-16/h1-8,14,17H,9,16H2. The van der Waals surface area contributed by atoms with E-state index in [0.717, 1.165) is 5.56 Å². The Balaban J connectivity index is 2.11. The van der Waals surface area contributed by atoms with Crippen molar-refractivity contribution in [3.8, 4) is 11.5 Å². The molecule has 3 N–H and O–H groups in total. The Hall–Kier alpha value is -1.55. The van der Waals surface area contributed by atoms with Crippen LogP contribution >= 0.6 is 11.6 Å². The number of hydrogen-bond acceptors (Lipinski definition) is 3. The third-order valence-corrected chi connectivity index (χ3v) is 2.76. The predicted octanol–water partition coefficient (Wildman–Crippen LogP) is 3.12. The summed E-state index contributed by atoms with van der Waals surface area (Å²) >= 11 is 5.87. The lowest BCUT2D eigenvalue weighted by Crippen LogP contribution is -2.11. The first-order valence-electron chi connectivity index (χ1n) is 5.60. The molecule has 94 valence electrons. The molecule has 0 saturated carbocycles. The third-order valence-electron chi connectivity index (χ3n) is 2.52. The summed E-state index contributed by atoms with van der Waals surface area (Å²) in [4.78, 5) is 0. The van der Waals surface area contributed by atoms with Crippen molar-refractivity contribution in [2.75, 3.05) is 6.54 Å². The molecule has 1 atom stereocenters. The molecule has 0 amide bonds.